The van der Waals surface area contributed by atoms with Gasteiger partial charge in [-0.1, -0.05) is 18.2 Å². The topological polar surface area (TPSA) is 46.9 Å². The quantitative estimate of drug-likeness (QED) is 0.325. The van der Waals surface area contributed by atoms with E-state index in [1.807, 2.05) is 29.9 Å². The van der Waals surface area contributed by atoms with Crippen molar-refractivity contribution in [1.29, 1.82) is 0 Å². The summed E-state index contributed by atoms with van der Waals surface area (Å²) in [7, 11) is 0. The van der Waals surface area contributed by atoms with Gasteiger partial charge in [-0.25, -0.2) is 4.39 Å². The Morgan fingerprint density at radius 1 is 1.17 bits per heavy atom. The lowest BCUT2D eigenvalue weighted by Crippen LogP contribution is -2.05. The second kappa shape index (κ2) is 8.09. The fraction of sp³-hybridized carbons (Fsp3) is 0.130. The standard InChI is InChI=1S/C23H20FN3OS/c1-15-3-8-20(19(24)11-15)26-23-18-12-25-10-9-21(18)27(22(23)14-28)13-16-4-6-17(29-2)7-5-16/h3-12,14,26H,13H2,1-2H3. The Hall–Kier alpha value is -3.12. The average Bonchev–Trinajstić information content (AvgIpc) is 3.03. The Kier molecular flexibility index (Phi) is 5.36. The molecule has 0 unspecified atom stereocenters. The predicted octanol–water partition coefficient (Wildman–Crippen LogP) is 5.81. The second-order valence-electron chi connectivity index (χ2n) is 6.81. The van der Waals surface area contributed by atoms with Gasteiger partial charge in [0.05, 0.1) is 16.9 Å². The fourth-order valence-corrected chi connectivity index (χ4v) is 3.82. The highest BCUT2D eigenvalue weighted by Gasteiger charge is 2.18. The van der Waals surface area contributed by atoms with Crippen LogP contribution < -0.4 is 5.32 Å². The van der Waals surface area contributed by atoms with E-state index >= 15 is 0 Å². The lowest BCUT2D eigenvalue weighted by molar-refractivity contribution is 0.111. The van der Waals surface area contributed by atoms with Crippen LogP contribution in [0, 0.1) is 12.7 Å². The van der Waals surface area contributed by atoms with Gasteiger partial charge in [-0.15, -0.1) is 11.8 Å². The van der Waals surface area contributed by atoms with Crippen LogP contribution in [-0.4, -0.2) is 22.1 Å². The van der Waals surface area contributed by atoms with E-state index in [0.29, 0.717) is 23.6 Å². The van der Waals surface area contributed by atoms with E-state index in [0.717, 1.165) is 28.3 Å². The number of aromatic nitrogens is 2. The highest BCUT2D eigenvalue weighted by Crippen LogP contribution is 2.33. The SMILES string of the molecule is CSc1ccc(Cn2c(C=O)c(Nc3ccc(C)cc3F)c3cnccc32)cc1. The molecule has 1 N–H and O–H groups in total. The molecule has 146 valence electrons. The van der Waals surface area contributed by atoms with Crippen LogP contribution in [0.5, 0.6) is 0 Å². The summed E-state index contributed by atoms with van der Waals surface area (Å²) in [5.41, 5.74) is 4.12. The zero-order chi connectivity index (χ0) is 20.4. The highest BCUT2D eigenvalue weighted by atomic mass is 32.2. The number of carbonyl (C=O) groups excluding carboxylic acids is 1. The molecule has 0 fully saturated rings. The predicted molar refractivity (Wildman–Crippen MR) is 117 cm³/mol. The van der Waals surface area contributed by atoms with Crippen molar-refractivity contribution in [2.45, 2.75) is 18.4 Å². The van der Waals surface area contributed by atoms with E-state index in [1.54, 1.807) is 30.2 Å². The number of thioether (sulfide) groups is 1. The summed E-state index contributed by atoms with van der Waals surface area (Å²) >= 11 is 1.68. The largest absolute Gasteiger partial charge is 0.351 e. The molecule has 0 aliphatic rings. The molecule has 2 aromatic heterocycles. The number of nitrogens with one attached hydrogen (secondary N) is 1. The summed E-state index contributed by atoms with van der Waals surface area (Å²) in [5, 5.41) is 3.89. The third-order valence-corrected chi connectivity index (χ3v) is 5.64. The molecular weight excluding hydrogens is 385 g/mol. The maximum absolute atomic E-state index is 14.4. The molecule has 0 aliphatic carbocycles. The van der Waals surface area contributed by atoms with Crippen molar-refractivity contribution < 1.29 is 9.18 Å². The maximum Gasteiger partial charge on any atom is 0.168 e. The van der Waals surface area contributed by atoms with Gasteiger partial charge in [-0.3, -0.25) is 9.78 Å². The first kappa shape index (κ1) is 19.2. The van der Waals surface area contributed by atoms with Crippen molar-refractivity contribution >= 4 is 40.3 Å². The number of aryl methyl sites for hydroxylation is 1. The van der Waals surface area contributed by atoms with Crippen LogP contribution in [-0.2, 0) is 6.54 Å². The summed E-state index contributed by atoms with van der Waals surface area (Å²) in [6, 6.07) is 15.1. The molecule has 0 saturated heterocycles. The molecule has 4 rings (SSSR count). The van der Waals surface area contributed by atoms with Crippen LogP contribution in [0.1, 0.15) is 21.6 Å². The molecular formula is C23H20FN3OS. The second-order valence-corrected chi connectivity index (χ2v) is 7.69. The van der Waals surface area contributed by atoms with Crippen LogP contribution in [0.4, 0.5) is 15.8 Å². The maximum atomic E-state index is 14.4. The number of benzene rings is 2. The third-order valence-electron chi connectivity index (χ3n) is 4.90. The molecule has 0 bridgehead atoms. The normalized spacial score (nSPS) is 11.0. The molecule has 0 aliphatic heterocycles. The minimum absolute atomic E-state index is 0.325. The summed E-state index contributed by atoms with van der Waals surface area (Å²) in [5.74, 6) is -0.362. The molecule has 29 heavy (non-hydrogen) atoms. The number of fused-ring (bicyclic) bond motifs is 1. The number of halogens is 1. The van der Waals surface area contributed by atoms with Gasteiger partial charge in [0.25, 0.3) is 0 Å². The van der Waals surface area contributed by atoms with E-state index in [-0.39, 0.29) is 5.82 Å². The Labute approximate surface area is 172 Å². The number of hydrogen-bond acceptors (Lipinski definition) is 4. The molecule has 4 aromatic rings. The molecule has 0 amide bonds. The van der Waals surface area contributed by atoms with Gasteiger partial charge in [0.2, 0.25) is 0 Å². The van der Waals surface area contributed by atoms with Gasteiger partial charge in [0.1, 0.15) is 11.5 Å². The minimum Gasteiger partial charge on any atom is -0.351 e. The van der Waals surface area contributed by atoms with Gasteiger partial charge < -0.3 is 9.88 Å². The molecule has 4 nitrogen and oxygen atoms in total. The average molecular weight is 405 g/mol. The fourth-order valence-electron chi connectivity index (χ4n) is 3.41. The summed E-state index contributed by atoms with van der Waals surface area (Å²) in [6.07, 6.45) is 6.24. The summed E-state index contributed by atoms with van der Waals surface area (Å²) in [6.45, 7) is 2.36. The molecule has 0 spiro atoms. The lowest BCUT2D eigenvalue weighted by atomic mass is 10.2. The number of carbonyl (C=O) groups is 1. The smallest absolute Gasteiger partial charge is 0.168 e. The number of hydrogen-bond donors (Lipinski definition) is 1. The van der Waals surface area contributed by atoms with Crippen LogP contribution in [0.15, 0.2) is 65.8 Å². The zero-order valence-corrected chi connectivity index (χ0v) is 17.0. The Morgan fingerprint density at radius 3 is 2.66 bits per heavy atom. The van der Waals surface area contributed by atoms with Gasteiger partial charge in [0.15, 0.2) is 6.29 Å². The number of rotatable bonds is 6. The van der Waals surface area contributed by atoms with Crippen molar-refractivity contribution in [3.8, 4) is 0 Å². The van der Waals surface area contributed by atoms with Gasteiger partial charge in [0, 0.05) is 29.2 Å². The lowest BCUT2D eigenvalue weighted by Gasteiger charge is -2.10. The zero-order valence-electron chi connectivity index (χ0n) is 16.1. The first-order chi connectivity index (χ1) is 14.1. The van der Waals surface area contributed by atoms with E-state index in [2.05, 4.69) is 34.6 Å². The van der Waals surface area contributed by atoms with Crippen molar-refractivity contribution in [2.24, 2.45) is 0 Å². The van der Waals surface area contributed by atoms with Gasteiger partial charge in [-0.05, 0) is 54.6 Å². The van der Waals surface area contributed by atoms with Gasteiger partial charge in [-0.2, -0.15) is 0 Å². The van der Waals surface area contributed by atoms with E-state index in [1.165, 1.54) is 11.0 Å². The minimum atomic E-state index is -0.362. The number of anilines is 2. The molecule has 0 atom stereocenters. The Balaban J connectivity index is 1.81. The Morgan fingerprint density at radius 2 is 1.97 bits per heavy atom. The number of aldehydes is 1. The molecule has 6 heteroatoms. The monoisotopic (exact) mass is 405 g/mol. The highest BCUT2D eigenvalue weighted by molar-refractivity contribution is 7.98. The molecule has 0 saturated carbocycles. The van der Waals surface area contributed by atoms with Crippen LogP contribution >= 0.6 is 11.8 Å². The van der Waals surface area contributed by atoms with Crippen molar-refractivity contribution in [2.75, 3.05) is 11.6 Å². The molecule has 2 aromatic carbocycles. The van der Waals surface area contributed by atoms with E-state index in [9.17, 15) is 9.18 Å². The first-order valence-electron chi connectivity index (χ1n) is 9.18. The Bertz CT molecular complexity index is 1180. The number of pyridine rings is 1. The van der Waals surface area contributed by atoms with Crippen molar-refractivity contribution in [3.05, 3.63) is 83.6 Å². The van der Waals surface area contributed by atoms with E-state index < -0.39 is 0 Å². The van der Waals surface area contributed by atoms with Crippen LogP contribution in [0.25, 0.3) is 10.9 Å². The van der Waals surface area contributed by atoms with Crippen molar-refractivity contribution in [3.63, 3.8) is 0 Å². The molecule has 0 radical (unpaired) electrons. The summed E-state index contributed by atoms with van der Waals surface area (Å²) in [4.78, 5) is 17.4. The van der Waals surface area contributed by atoms with Crippen molar-refractivity contribution in [1.82, 2.24) is 9.55 Å². The van der Waals surface area contributed by atoms with Gasteiger partial charge >= 0.3 is 0 Å². The molecule has 2 heterocycles. The first-order valence-corrected chi connectivity index (χ1v) is 10.4. The van der Waals surface area contributed by atoms with Crippen LogP contribution in [0.2, 0.25) is 0 Å². The summed E-state index contributed by atoms with van der Waals surface area (Å²) < 4.78 is 16.4. The van der Waals surface area contributed by atoms with E-state index in [4.69, 9.17) is 0 Å². The third kappa shape index (κ3) is 3.76. The van der Waals surface area contributed by atoms with Crippen LogP contribution in [0.3, 0.4) is 0 Å². The number of nitrogens with zero attached hydrogens (tertiary/aromatic N) is 2.